The zero-order valence-corrected chi connectivity index (χ0v) is 28.8. The Morgan fingerprint density at radius 1 is 0.682 bits per heavy atom. The van der Waals surface area contributed by atoms with Gasteiger partial charge in [0.05, 0.1) is 12.1 Å². The molecule has 0 bridgehead atoms. The zero-order chi connectivity index (χ0) is 33.0. The number of aromatic hydroxyl groups is 2. The molecule has 0 saturated heterocycles. The number of hydrogen-bond donors (Lipinski definition) is 2. The Morgan fingerprint density at radius 2 is 0.977 bits per heavy atom. The second-order valence-corrected chi connectivity index (χ2v) is 12.4. The van der Waals surface area contributed by atoms with Gasteiger partial charge in [-0.15, -0.1) is 0 Å². The van der Waals surface area contributed by atoms with E-state index >= 15 is 0 Å². The van der Waals surface area contributed by atoms with Gasteiger partial charge in [-0.05, 0) is 91.2 Å². The van der Waals surface area contributed by atoms with Crippen LogP contribution in [0.1, 0.15) is 146 Å². The molecule has 0 amide bonds. The predicted molar refractivity (Wildman–Crippen MR) is 171 cm³/mol. The average Bonchev–Trinajstić information content (AvgIpc) is 3.34. The summed E-state index contributed by atoms with van der Waals surface area (Å²) in [7, 11) is 0. The van der Waals surface area contributed by atoms with Crippen LogP contribution in [0.2, 0.25) is 0 Å². The number of carboxylic acid groups (broad SMARTS) is 2. The Hall–Kier alpha value is -3.17. The second-order valence-electron chi connectivity index (χ2n) is 12.4. The molecule has 2 unspecified atom stereocenters. The van der Waals surface area contributed by atoms with Gasteiger partial charge in [0.25, 0.3) is 0 Å². The number of rotatable bonds is 8. The molecule has 1 aliphatic carbocycles. The Kier molecular flexibility index (Phi) is 17.9. The van der Waals surface area contributed by atoms with Gasteiger partial charge in [-0.3, -0.25) is 9.98 Å². The molecule has 1 saturated carbocycles. The number of carbonyl (C=O) groups is 2. The smallest absolute Gasteiger partial charge is 0.550 e. The third-order valence-electron chi connectivity index (χ3n) is 7.19. The summed E-state index contributed by atoms with van der Waals surface area (Å²) in [5.74, 6) is -0.162. The van der Waals surface area contributed by atoms with Crippen molar-refractivity contribution >= 4 is 24.4 Å². The fourth-order valence-electron chi connectivity index (χ4n) is 4.73. The van der Waals surface area contributed by atoms with Crippen molar-refractivity contribution in [2.24, 2.45) is 9.98 Å². The molecule has 2 atom stereocenters. The Morgan fingerprint density at radius 3 is 1.23 bits per heavy atom. The van der Waals surface area contributed by atoms with E-state index in [-0.39, 0.29) is 40.7 Å². The summed E-state index contributed by atoms with van der Waals surface area (Å²) in [6.45, 7) is 19.1. The first kappa shape index (κ1) is 40.8. The van der Waals surface area contributed by atoms with Crippen molar-refractivity contribution in [3.8, 4) is 11.5 Å². The third kappa shape index (κ3) is 13.6. The molecule has 0 spiro atoms. The molecule has 2 aromatic carbocycles. The fraction of sp³-hybridized carbons (Fsp3) is 0.543. The number of carbonyl (C=O) groups excluding carboxylic acids is 2. The van der Waals surface area contributed by atoms with E-state index in [1.165, 1.54) is 11.1 Å². The number of benzene rings is 2. The molecule has 1 aliphatic rings. The summed E-state index contributed by atoms with van der Waals surface area (Å²) in [5.41, 5.74) is 6.04. The Labute approximate surface area is 273 Å². The van der Waals surface area contributed by atoms with E-state index in [1.54, 1.807) is 0 Å². The molecular formula is C35H50CoN2O6. The van der Waals surface area contributed by atoms with Crippen LogP contribution in [0.5, 0.6) is 11.5 Å². The molecule has 1 radical (unpaired) electrons. The number of phenols is 2. The van der Waals surface area contributed by atoms with E-state index in [0.717, 1.165) is 55.4 Å². The fourth-order valence-corrected chi connectivity index (χ4v) is 4.73. The van der Waals surface area contributed by atoms with Crippen molar-refractivity contribution in [1.29, 1.82) is 0 Å². The Bertz CT molecular complexity index is 1180. The third-order valence-corrected chi connectivity index (χ3v) is 7.19. The van der Waals surface area contributed by atoms with Crippen LogP contribution >= 0.6 is 0 Å². The molecule has 9 heteroatoms. The molecule has 8 nitrogen and oxygen atoms in total. The minimum absolute atomic E-state index is 0. The van der Waals surface area contributed by atoms with Crippen molar-refractivity contribution in [3.63, 3.8) is 0 Å². The van der Waals surface area contributed by atoms with Crippen molar-refractivity contribution in [3.05, 3.63) is 57.6 Å². The maximum absolute atomic E-state index is 10.8. The molecule has 0 heterocycles. The molecule has 245 valence electrons. The van der Waals surface area contributed by atoms with E-state index in [4.69, 9.17) is 29.8 Å². The van der Waals surface area contributed by atoms with Crippen LogP contribution in [-0.4, -0.2) is 46.7 Å². The normalized spacial score (nSPS) is 16.2. The molecule has 44 heavy (non-hydrogen) atoms. The summed E-state index contributed by atoms with van der Waals surface area (Å²) >= 11 is 0. The molecule has 2 N–H and O–H groups in total. The first-order valence-corrected chi connectivity index (χ1v) is 15.1. The van der Waals surface area contributed by atoms with Gasteiger partial charge >= 0.3 is 16.8 Å². The van der Waals surface area contributed by atoms with Gasteiger partial charge in [0.2, 0.25) is 0 Å². The van der Waals surface area contributed by atoms with Gasteiger partial charge in [0, 0.05) is 35.5 Å². The number of aliphatic imine (C=N–C) groups is 2. The van der Waals surface area contributed by atoms with Crippen LogP contribution in [0.25, 0.3) is 0 Å². The quantitative estimate of drug-likeness (QED) is 0.357. The summed E-state index contributed by atoms with van der Waals surface area (Å²) in [5, 5.41) is 39.4. The van der Waals surface area contributed by atoms with Crippen molar-refractivity contribution in [1.82, 2.24) is 0 Å². The van der Waals surface area contributed by atoms with Gasteiger partial charge in [-0.2, -0.15) is 0 Å². The number of carboxylic acids is 2. The van der Waals surface area contributed by atoms with Crippen LogP contribution < -0.4 is 10.2 Å². The van der Waals surface area contributed by atoms with E-state index in [9.17, 15) is 10.2 Å². The standard InChI is InChI=1S/C31H44N2O2.2C2H4O2.Co/c1-18(2)22-11-24(30(34)28(13-22)20(5)6)16-32-26-9-10-27(15-26)33-17-25-12-23(19(3)4)14-29(21(7)8)31(25)35;2*1-2(3)4;/h11-14,16-21,26-27,34-35H,9-10,15H2,1-8H3;2*1H3,(H,3,4);/q;;;+2/p-2. The zero-order valence-electron chi connectivity index (χ0n) is 27.8. The molecule has 2 aromatic rings. The Balaban J connectivity index is 0.00000183. The molecule has 0 aliphatic heterocycles. The van der Waals surface area contributed by atoms with Gasteiger partial charge in [0.1, 0.15) is 11.5 Å². The number of phenolic OH excluding ortho intramolecular Hbond substituents is 2. The molecular weight excluding hydrogens is 603 g/mol. The summed E-state index contributed by atoms with van der Waals surface area (Å²) in [6, 6.07) is 8.77. The average molecular weight is 654 g/mol. The second kappa shape index (κ2) is 19.3. The monoisotopic (exact) mass is 653 g/mol. The van der Waals surface area contributed by atoms with E-state index in [0.29, 0.717) is 23.3 Å². The summed E-state index contributed by atoms with van der Waals surface area (Å²) in [6.07, 6.45) is 6.56. The summed E-state index contributed by atoms with van der Waals surface area (Å²) in [4.78, 5) is 27.5. The minimum atomic E-state index is -1.08. The number of nitrogens with zero attached hydrogens (tertiary/aromatic N) is 2. The number of aliphatic carboxylic acids is 2. The maximum atomic E-state index is 10.8. The maximum Gasteiger partial charge on any atom is 2.00 e. The first-order valence-electron chi connectivity index (χ1n) is 15.1. The van der Waals surface area contributed by atoms with E-state index in [1.807, 2.05) is 12.4 Å². The molecule has 0 aromatic heterocycles. The topological polar surface area (TPSA) is 145 Å². The summed E-state index contributed by atoms with van der Waals surface area (Å²) < 4.78 is 0. The van der Waals surface area contributed by atoms with Gasteiger partial charge in [-0.1, -0.05) is 67.5 Å². The van der Waals surface area contributed by atoms with Gasteiger partial charge < -0.3 is 30.0 Å². The van der Waals surface area contributed by atoms with Crippen molar-refractivity contribution < 1.29 is 46.8 Å². The largest absolute Gasteiger partial charge is 2.00 e. The van der Waals surface area contributed by atoms with E-state index < -0.39 is 11.9 Å². The number of hydrogen-bond acceptors (Lipinski definition) is 8. The van der Waals surface area contributed by atoms with Crippen LogP contribution in [0.3, 0.4) is 0 Å². The SMILES string of the molecule is CC(=O)[O-].CC(=O)[O-].CC(C)c1cc(C=NC2CCC(N=Cc3cc(C(C)C)cc(C(C)C)c3O)C2)c(O)c(C(C)C)c1.[Co+2]. The predicted octanol–water partition coefficient (Wildman–Crippen LogP) is 5.56. The first-order chi connectivity index (χ1) is 19.9. The van der Waals surface area contributed by atoms with Gasteiger partial charge in [-0.25, -0.2) is 0 Å². The van der Waals surface area contributed by atoms with Crippen LogP contribution in [0.15, 0.2) is 34.3 Å². The van der Waals surface area contributed by atoms with Crippen LogP contribution in [-0.2, 0) is 26.4 Å². The molecule has 3 rings (SSSR count). The molecule has 1 fully saturated rings. The van der Waals surface area contributed by atoms with E-state index in [2.05, 4.69) is 79.7 Å². The van der Waals surface area contributed by atoms with Crippen molar-refractivity contribution in [2.75, 3.05) is 0 Å². The van der Waals surface area contributed by atoms with Crippen LogP contribution in [0, 0.1) is 0 Å². The van der Waals surface area contributed by atoms with Gasteiger partial charge in [0.15, 0.2) is 0 Å². The van der Waals surface area contributed by atoms with Crippen LogP contribution in [0.4, 0.5) is 0 Å². The van der Waals surface area contributed by atoms with Crippen molar-refractivity contribution in [2.45, 2.75) is 124 Å². The minimum Gasteiger partial charge on any atom is -0.550 e.